The molecule has 1 aliphatic rings. The minimum atomic E-state index is -4.61. The number of rotatable bonds is 5. The maximum absolute atomic E-state index is 14.5. The molecule has 3 aromatic rings. The molecule has 188 valence electrons. The Hall–Kier alpha value is -3.12. The van der Waals surface area contributed by atoms with Gasteiger partial charge in [-0.25, -0.2) is 9.37 Å². The Kier molecular flexibility index (Phi) is 7.84. The normalized spacial score (nSPS) is 15.7. The Labute approximate surface area is 211 Å². The number of pyridine rings is 1. The lowest BCUT2D eigenvalue weighted by atomic mass is 9.91. The number of aromatic nitrogens is 1. The second-order valence-corrected chi connectivity index (χ2v) is 8.99. The quantitative estimate of drug-likeness (QED) is 0.347. The molecule has 0 saturated carbocycles. The fourth-order valence-electron chi connectivity index (χ4n) is 3.82. The summed E-state index contributed by atoms with van der Waals surface area (Å²) >= 11 is 5.89. The van der Waals surface area contributed by atoms with Crippen LogP contribution in [0, 0.1) is 17.7 Å². The number of hydrogen-bond donors (Lipinski definition) is 1. The SMILES string of the molecule is OC1(C(F)(F)F)CCN(CCOc2ccc(C#Cc3ncc(-c4ccc(Cl)cc4)cc3F)cc2)CC1. The van der Waals surface area contributed by atoms with Crippen LogP contribution in [0.1, 0.15) is 24.1 Å². The summed E-state index contributed by atoms with van der Waals surface area (Å²) < 4.78 is 58.8. The van der Waals surface area contributed by atoms with Crippen molar-refractivity contribution in [2.24, 2.45) is 0 Å². The fourth-order valence-corrected chi connectivity index (χ4v) is 3.94. The molecule has 0 radical (unpaired) electrons. The number of benzene rings is 2. The summed E-state index contributed by atoms with van der Waals surface area (Å²) in [7, 11) is 0. The Bertz CT molecular complexity index is 1240. The van der Waals surface area contributed by atoms with Crippen LogP contribution in [0.3, 0.4) is 0 Å². The smallest absolute Gasteiger partial charge is 0.417 e. The van der Waals surface area contributed by atoms with Crippen LogP contribution in [0.15, 0.2) is 60.8 Å². The van der Waals surface area contributed by atoms with Gasteiger partial charge in [-0.05, 0) is 66.8 Å². The molecule has 1 N–H and O–H groups in total. The molecule has 0 amide bonds. The van der Waals surface area contributed by atoms with Crippen LogP contribution < -0.4 is 4.74 Å². The zero-order valence-electron chi connectivity index (χ0n) is 19.2. The van der Waals surface area contributed by atoms with Crippen molar-refractivity contribution in [1.29, 1.82) is 0 Å². The van der Waals surface area contributed by atoms with Crippen molar-refractivity contribution in [3.8, 4) is 28.7 Å². The van der Waals surface area contributed by atoms with Crippen molar-refractivity contribution in [2.45, 2.75) is 24.6 Å². The van der Waals surface area contributed by atoms with Crippen LogP contribution in [0.4, 0.5) is 17.6 Å². The molecule has 4 nitrogen and oxygen atoms in total. The van der Waals surface area contributed by atoms with Crippen LogP contribution in [-0.4, -0.2) is 53.0 Å². The lowest BCUT2D eigenvalue weighted by Gasteiger charge is -2.39. The molecule has 4 rings (SSSR count). The van der Waals surface area contributed by atoms with Crippen LogP contribution in [0.5, 0.6) is 5.75 Å². The number of piperidine rings is 1. The Morgan fingerprint density at radius 3 is 2.28 bits per heavy atom. The van der Waals surface area contributed by atoms with Crippen LogP contribution in [0.2, 0.25) is 5.02 Å². The zero-order valence-corrected chi connectivity index (χ0v) is 19.9. The van der Waals surface area contributed by atoms with Crippen molar-refractivity contribution in [3.63, 3.8) is 0 Å². The Morgan fingerprint density at radius 2 is 1.67 bits per heavy atom. The molecule has 1 aromatic heterocycles. The highest BCUT2D eigenvalue weighted by molar-refractivity contribution is 6.30. The van der Waals surface area contributed by atoms with E-state index in [2.05, 4.69) is 16.8 Å². The van der Waals surface area contributed by atoms with Gasteiger partial charge in [0.05, 0.1) is 0 Å². The van der Waals surface area contributed by atoms with E-state index in [0.29, 0.717) is 35.1 Å². The van der Waals surface area contributed by atoms with Gasteiger partial charge in [-0.1, -0.05) is 29.7 Å². The largest absolute Gasteiger partial charge is 0.492 e. The topological polar surface area (TPSA) is 45.6 Å². The van der Waals surface area contributed by atoms with Crippen molar-refractivity contribution in [3.05, 3.63) is 82.9 Å². The van der Waals surface area contributed by atoms with Gasteiger partial charge in [0, 0.05) is 42.0 Å². The molecule has 2 heterocycles. The maximum atomic E-state index is 14.5. The number of halogens is 5. The number of hydrogen-bond acceptors (Lipinski definition) is 4. The predicted molar refractivity (Wildman–Crippen MR) is 129 cm³/mol. The first-order valence-electron chi connectivity index (χ1n) is 11.3. The van der Waals surface area contributed by atoms with Gasteiger partial charge in [-0.2, -0.15) is 13.2 Å². The molecule has 1 fully saturated rings. The molecule has 0 atom stereocenters. The van der Waals surface area contributed by atoms with E-state index in [1.54, 1.807) is 54.7 Å². The minimum absolute atomic E-state index is 0.0343. The standard InChI is InChI=1S/C27H23ClF4N2O2/c28-22-6-4-20(5-7-22)21-17-24(29)25(33-18-21)10-3-19-1-8-23(9-2-19)36-16-15-34-13-11-26(35,12-14-34)27(30,31)32/h1-2,4-9,17-18,35H,11-16H2. The zero-order chi connectivity index (χ0) is 25.8. The first-order chi connectivity index (χ1) is 17.1. The number of likely N-dealkylation sites (tertiary alicyclic amines) is 1. The molecule has 0 spiro atoms. The maximum Gasteiger partial charge on any atom is 0.417 e. The summed E-state index contributed by atoms with van der Waals surface area (Å²) in [5.74, 6) is 5.67. The van der Waals surface area contributed by atoms with Gasteiger partial charge in [0.1, 0.15) is 18.1 Å². The highest BCUT2D eigenvalue weighted by atomic mass is 35.5. The van der Waals surface area contributed by atoms with Crippen molar-refractivity contribution < 1.29 is 27.4 Å². The number of alkyl halides is 3. The molecule has 36 heavy (non-hydrogen) atoms. The summed E-state index contributed by atoms with van der Waals surface area (Å²) in [6, 6.07) is 15.3. The van der Waals surface area contributed by atoms with E-state index in [0.717, 1.165) is 5.56 Å². The first-order valence-corrected chi connectivity index (χ1v) is 11.7. The molecular formula is C27H23ClF4N2O2. The van der Waals surface area contributed by atoms with Gasteiger partial charge in [0.25, 0.3) is 0 Å². The van der Waals surface area contributed by atoms with Gasteiger partial charge in [0.2, 0.25) is 0 Å². The summed E-state index contributed by atoms with van der Waals surface area (Å²) in [4.78, 5) is 5.96. The second kappa shape index (κ2) is 10.9. The molecule has 1 saturated heterocycles. The molecule has 0 bridgehead atoms. The molecule has 9 heteroatoms. The first kappa shape index (κ1) is 26.0. The molecule has 0 aliphatic carbocycles. The molecule has 0 unspecified atom stereocenters. The third-order valence-corrected chi connectivity index (χ3v) is 6.34. The third-order valence-electron chi connectivity index (χ3n) is 6.09. The van der Waals surface area contributed by atoms with Crippen LogP contribution in [0.25, 0.3) is 11.1 Å². The highest BCUT2D eigenvalue weighted by Gasteiger charge is 2.54. The Balaban J connectivity index is 1.28. The van der Waals surface area contributed by atoms with Crippen LogP contribution in [-0.2, 0) is 0 Å². The van der Waals surface area contributed by atoms with Crippen molar-refractivity contribution in [1.82, 2.24) is 9.88 Å². The number of aliphatic hydroxyl groups is 1. The lowest BCUT2D eigenvalue weighted by Crippen LogP contribution is -2.53. The summed E-state index contributed by atoms with van der Waals surface area (Å²) in [6.45, 7) is 1.05. The summed E-state index contributed by atoms with van der Waals surface area (Å²) in [5.41, 5.74) is -0.501. The summed E-state index contributed by atoms with van der Waals surface area (Å²) in [6.07, 6.45) is -3.74. The summed E-state index contributed by atoms with van der Waals surface area (Å²) in [5, 5.41) is 10.3. The van der Waals surface area contributed by atoms with E-state index >= 15 is 0 Å². The molecule has 1 aliphatic heterocycles. The van der Waals surface area contributed by atoms with Gasteiger partial charge >= 0.3 is 6.18 Å². The van der Waals surface area contributed by atoms with Crippen molar-refractivity contribution >= 4 is 11.6 Å². The van der Waals surface area contributed by atoms with Crippen LogP contribution >= 0.6 is 11.6 Å². The van der Waals surface area contributed by atoms with E-state index in [9.17, 15) is 22.7 Å². The van der Waals surface area contributed by atoms with Gasteiger partial charge < -0.3 is 9.84 Å². The minimum Gasteiger partial charge on any atom is -0.492 e. The van der Waals surface area contributed by atoms with Crippen molar-refractivity contribution in [2.75, 3.05) is 26.2 Å². The van der Waals surface area contributed by atoms with Gasteiger partial charge in [0.15, 0.2) is 11.4 Å². The highest BCUT2D eigenvalue weighted by Crippen LogP contribution is 2.38. The van der Waals surface area contributed by atoms with E-state index in [-0.39, 0.29) is 31.6 Å². The monoisotopic (exact) mass is 518 g/mol. The van der Waals surface area contributed by atoms with E-state index in [1.807, 2.05) is 4.90 Å². The number of ether oxygens (including phenoxy) is 1. The average Bonchev–Trinajstić information content (AvgIpc) is 2.85. The predicted octanol–water partition coefficient (Wildman–Crippen LogP) is 5.71. The van der Waals surface area contributed by atoms with E-state index in [4.69, 9.17) is 16.3 Å². The Morgan fingerprint density at radius 1 is 1.00 bits per heavy atom. The van der Waals surface area contributed by atoms with Gasteiger partial charge in [-0.3, -0.25) is 4.90 Å². The van der Waals surface area contributed by atoms with E-state index in [1.165, 1.54) is 6.07 Å². The lowest BCUT2D eigenvalue weighted by molar-refractivity contribution is -0.272. The number of nitrogens with zero attached hydrogens (tertiary/aromatic N) is 2. The molecular weight excluding hydrogens is 496 g/mol. The van der Waals surface area contributed by atoms with E-state index < -0.39 is 17.6 Å². The van der Waals surface area contributed by atoms with Gasteiger partial charge in [-0.15, -0.1) is 0 Å². The fraction of sp³-hybridized carbons (Fsp3) is 0.296. The second-order valence-electron chi connectivity index (χ2n) is 8.56. The third kappa shape index (κ3) is 6.35. The molecule has 2 aromatic carbocycles. The average molecular weight is 519 g/mol.